The normalized spacial score (nSPS) is 11.9. The van der Waals surface area contributed by atoms with E-state index in [1.807, 2.05) is 50.2 Å². The Morgan fingerprint density at radius 3 is 1.83 bits per heavy atom. The molecule has 2 N–H and O–H groups in total. The van der Waals surface area contributed by atoms with Gasteiger partial charge in [0, 0.05) is 23.8 Å². The van der Waals surface area contributed by atoms with Crippen molar-refractivity contribution in [2.24, 2.45) is 0 Å². The minimum atomic E-state index is -0.759. The highest BCUT2D eigenvalue weighted by Crippen LogP contribution is 2.33. The lowest BCUT2D eigenvalue weighted by atomic mass is 10.0. The maximum absolute atomic E-state index is 11.0. The number of unbranched alkanes of at least 4 members (excludes halogenated alkanes) is 10. The zero-order valence-corrected chi connectivity index (χ0v) is 28.8. The fraction of sp³-hybridized carbons (Fsp3) is 0.475. The van der Waals surface area contributed by atoms with Gasteiger partial charge in [0.05, 0.1) is 12.2 Å². The van der Waals surface area contributed by atoms with Gasteiger partial charge in [-0.2, -0.15) is 0 Å². The van der Waals surface area contributed by atoms with Crippen LogP contribution in [0.15, 0.2) is 60.7 Å². The van der Waals surface area contributed by atoms with Crippen molar-refractivity contribution in [2.75, 3.05) is 19.8 Å². The Kier molecular flexibility index (Phi) is 14.7. The zero-order chi connectivity index (χ0) is 33.4. The predicted octanol–water partition coefficient (Wildman–Crippen LogP) is 9.57. The van der Waals surface area contributed by atoms with E-state index in [1.54, 1.807) is 12.1 Å². The van der Waals surface area contributed by atoms with Gasteiger partial charge in [-0.3, -0.25) is 0 Å². The maximum atomic E-state index is 11.0. The molecule has 0 bridgehead atoms. The Bertz CT molecular complexity index is 1520. The molecule has 7 heteroatoms. The van der Waals surface area contributed by atoms with Crippen LogP contribution in [-0.4, -0.2) is 51.1 Å². The number of aryl methyl sites for hydroxylation is 3. The molecule has 0 saturated carbocycles. The number of benzene rings is 3. The summed E-state index contributed by atoms with van der Waals surface area (Å²) >= 11 is 0. The summed E-state index contributed by atoms with van der Waals surface area (Å²) in [4.78, 5) is 14.3. The fourth-order valence-electron chi connectivity index (χ4n) is 5.63. The molecule has 0 saturated heterocycles. The molecule has 3 aromatic carbocycles. The number of phenols is 1. The molecule has 252 valence electrons. The van der Waals surface area contributed by atoms with Crippen molar-refractivity contribution in [3.63, 3.8) is 0 Å². The number of hydrogen-bond acceptors (Lipinski definition) is 7. The van der Waals surface area contributed by atoms with E-state index in [-0.39, 0.29) is 19.0 Å². The van der Waals surface area contributed by atoms with Gasteiger partial charge >= 0.3 is 0 Å². The molecule has 1 atom stereocenters. The van der Waals surface area contributed by atoms with Crippen LogP contribution in [0.2, 0.25) is 0 Å². The summed E-state index contributed by atoms with van der Waals surface area (Å²) in [7, 11) is 0. The van der Waals surface area contributed by atoms with Crippen molar-refractivity contribution in [2.45, 2.75) is 104 Å². The third-order valence-corrected chi connectivity index (χ3v) is 8.42. The molecule has 0 spiro atoms. The van der Waals surface area contributed by atoms with E-state index in [1.165, 1.54) is 63.9 Å². The Morgan fingerprint density at radius 1 is 0.617 bits per heavy atom. The van der Waals surface area contributed by atoms with Gasteiger partial charge in [0.1, 0.15) is 24.2 Å². The average molecular weight is 640 g/mol. The van der Waals surface area contributed by atoms with E-state index < -0.39 is 6.10 Å². The first-order valence-electron chi connectivity index (χ1n) is 17.5. The maximum Gasteiger partial charge on any atom is 0.167 e. The molecule has 0 fully saturated rings. The fourth-order valence-corrected chi connectivity index (χ4v) is 5.63. The minimum absolute atomic E-state index is 0.0163. The van der Waals surface area contributed by atoms with Gasteiger partial charge in [-0.25, -0.2) is 15.0 Å². The lowest BCUT2D eigenvalue weighted by molar-refractivity contribution is 0.0109. The van der Waals surface area contributed by atoms with Crippen LogP contribution in [0.4, 0.5) is 0 Å². The lowest BCUT2D eigenvalue weighted by Gasteiger charge is -2.14. The van der Waals surface area contributed by atoms with Crippen molar-refractivity contribution in [1.82, 2.24) is 15.0 Å². The van der Waals surface area contributed by atoms with E-state index >= 15 is 0 Å². The number of hydrogen-bond donors (Lipinski definition) is 2. The molecule has 4 rings (SSSR count). The third-order valence-electron chi connectivity index (χ3n) is 8.42. The summed E-state index contributed by atoms with van der Waals surface area (Å²) < 4.78 is 11.5. The summed E-state index contributed by atoms with van der Waals surface area (Å²) in [5.74, 6) is 1.86. The molecule has 0 amide bonds. The minimum Gasteiger partial charge on any atom is -0.507 e. The van der Waals surface area contributed by atoms with Gasteiger partial charge < -0.3 is 19.7 Å². The number of aromatic hydroxyl groups is 1. The van der Waals surface area contributed by atoms with Crippen molar-refractivity contribution < 1.29 is 19.7 Å². The number of rotatable bonds is 20. The third kappa shape index (κ3) is 11.7. The summed E-state index contributed by atoms with van der Waals surface area (Å²) in [6.45, 7) is 9.32. The first kappa shape index (κ1) is 36.0. The quantitative estimate of drug-likeness (QED) is 0.0930. The molecule has 4 aromatic rings. The largest absolute Gasteiger partial charge is 0.507 e. The highest BCUT2D eigenvalue weighted by atomic mass is 16.5. The van der Waals surface area contributed by atoms with Crippen LogP contribution in [0.1, 0.15) is 94.2 Å². The van der Waals surface area contributed by atoms with Crippen molar-refractivity contribution >= 4 is 0 Å². The molecule has 1 unspecified atom stereocenters. The van der Waals surface area contributed by atoms with E-state index in [9.17, 15) is 10.2 Å². The topological polar surface area (TPSA) is 97.6 Å². The molecule has 0 radical (unpaired) electrons. The van der Waals surface area contributed by atoms with Crippen LogP contribution < -0.4 is 4.74 Å². The average Bonchev–Trinajstić information content (AvgIpc) is 3.06. The van der Waals surface area contributed by atoms with E-state index in [4.69, 9.17) is 24.4 Å². The SMILES string of the molecule is CCCCCCCCCCCCCOCC(O)COc1ccc(-c2nc(-c3ccc(C)cc3)nc(-c3ccc(C)cc3C)n2)c(O)c1. The van der Waals surface area contributed by atoms with E-state index in [0.717, 1.165) is 40.7 Å². The van der Waals surface area contributed by atoms with Gasteiger partial charge in [0.2, 0.25) is 0 Å². The summed E-state index contributed by atoms with van der Waals surface area (Å²) in [5, 5.41) is 21.4. The van der Waals surface area contributed by atoms with Crippen molar-refractivity contribution in [3.8, 4) is 45.7 Å². The Labute approximate surface area is 281 Å². The van der Waals surface area contributed by atoms with E-state index in [0.29, 0.717) is 35.4 Å². The van der Waals surface area contributed by atoms with Crippen LogP contribution >= 0.6 is 0 Å². The van der Waals surface area contributed by atoms with Crippen LogP contribution in [0, 0.1) is 20.8 Å². The monoisotopic (exact) mass is 639 g/mol. The summed E-state index contributed by atoms with van der Waals surface area (Å²) in [6.07, 6.45) is 13.4. The van der Waals surface area contributed by atoms with Crippen molar-refractivity contribution in [3.05, 3.63) is 77.4 Å². The first-order valence-corrected chi connectivity index (χ1v) is 17.5. The van der Waals surface area contributed by atoms with Crippen LogP contribution in [0.3, 0.4) is 0 Å². The molecule has 7 nitrogen and oxygen atoms in total. The molecule has 1 heterocycles. The Morgan fingerprint density at radius 2 is 1.19 bits per heavy atom. The predicted molar refractivity (Wildman–Crippen MR) is 191 cm³/mol. The molecular formula is C40H53N3O4. The number of ether oxygens (including phenoxy) is 2. The number of phenolic OH excluding ortho intramolecular Hbond substituents is 1. The van der Waals surface area contributed by atoms with Crippen molar-refractivity contribution in [1.29, 1.82) is 0 Å². The van der Waals surface area contributed by atoms with Crippen LogP contribution in [0.5, 0.6) is 11.5 Å². The standard InChI is InChI=1S/C40H53N3O4/c1-5-6-7-8-9-10-11-12-13-14-15-24-46-27-33(44)28-47-34-21-23-36(37(45)26-34)40-42-38(32-19-16-29(2)17-20-32)41-39(43-40)35-22-18-30(3)25-31(35)4/h16-23,25-26,33,44-45H,5-15,24,27-28H2,1-4H3. The Balaban J connectivity index is 1.29. The van der Waals surface area contributed by atoms with Gasteiger partial charge in [0.25, 0.3) is 0 Å². The number of aromatic nitrogens is 3. The molecule has 1 aromatic heterocycles. The second kappa shape index (κ2) is 19.1. The highest BCUT2D eigenvalue weighted by molar-refractivity contribution is 5.71. The Hall–Kier alpha value is -3.81. The summed E-state index contributed by atoms with van der Waals surface area (Å²) in [6, 6.07) is 19.2. The van der Waals surface area contributed by atoms with Gasteiger partial charge in [0.15, 0.2) is 17.5 Å². The van der Waals surface area contributed by atoms with Gasteiger partial charge in [-0.05, 0) is 44.9 Å². The smallest absolute Gasteiger partial charge is 0.167 e. The van der Waals surface area contributed by atoms with Gasteiger partial charge in [-0.15, -0.1) is 0 Å². The van der Waals surface area contributed by atoms with Gasteiger partial charge in [-0.1, -0.05) is 125 Å². The molecule has 0 aliphatic heterocycles. The molecule has 0 aliphatic carbocycles. The molecule has 0 aliphatic rings. The number of aliphatic hydroxyl groups is 1. The summed E-state index contributed by atoms with van der Waals surface area (Å²) in [5.41, 5.74) is 5.61. The lowest BCUT2D eigenvalue weighted by Crippen LogP contribution is -2.23. The van der Waals surface area contributed by atoms with Crippen LogP contribution in [-0.2, 0) is 4.74 Å². The zero-order valence-electron chi connectivity index (χ0n) is 28.8. The van der Waals surface area contributed by atoms with Crippen LogP contribution in [0.25, 0.3) is 34.2 Å². The molecular weight excluding hydrogens is 586 g/mol. The number of nitrogens with zero attached hydrogens (tertiary/aromatic N) is 3. The second-order valence-corrected chi connectivity index (χ2v) is 12.7. The molecule has 47 heavy (non-hydrogen) atoms. The number of aliphatic hydroxyl groups excluding tert-OH is 1. The highest BCUT2D eigenvalue weighted by Gasteiger charge is 2.17. The first-order chi connectivity index (χ1) is 22.8. The van der Waals surface area contributed by atoms with E-state index in [2.05, 4.69) is 19.9 Å². The second-order valence-electron chi connectivity index (χ2n) is 12.7.